The average molecular weight is 352 g/mol. The third-order valence-corrected chi connectivity index (χ3v) is 3.91. The number of pyridine rings is 1. The van der Waals surface area contributed by atoms with Crippen LogP contribution in [0.4, 0.5) is 16.3 Å². The zero-order chi connectivity index (χ0) is 18.2. The van der Waals surface area contributed by atoms with Crippen LogP contribution in [0.15, 0.2) is 12.1 Å². The van der Waals surface area contributed by atoms with Gasteiger partial charge in [0.25, 0.3) is 0 Å². The molecule has 0 radical (unpaired) electrons. The van der Waals surface area contributed by atoms with Gasteiger partial charge in [-0.1, -0.05) is 0 Å². The van der Waals surface area contributed by atoms with Gasteiger partial charge in [-0.15, -0.1) is 0 Å². The molecule has 2 rings (SSSR count). The number of piperidine rings is 1. The monoisotopic (exact) mass is 352 g/mol. The highest BCUT2D eigenvalue weighted by Crippen LogP contribution is 2.25. The molecule has 1 aliphatic rings. The van der Waals surface area contributed by atoms with E-state index in [1.54, 1.807) is 19.1 Å². The topological polar surface area (TPSA) is 113 Å². The van der Waals surface area contributed by atoms with Gasteiger partial charge in [-0.2, -0.15) is 4.98 Å². The Bertz CT molecular complexity index is 602. The van der Waals surface area contributed by atoms with Crippen molar-refractivity contribution in [3.05, 3.63) is 12.1 Å². The Kier molecular flexibility index (Phi) is 6.67. The number of likely N-dealkylation sites (tertiary alicyclic amines) is 1. The van der Waals surface area contributed by atoms with E-state index >= 15 is 0 Å². The smallest absolute Gasteiger partial charge is 0.407 e. The van der Waals surface area contributed by atoms with Crippen molar-refractivity contribution in [2.24, 2.45) is 0 Å². The maximum atomic E-state index is 11.5. The fourth-order valence-electron chi connectivity index (χ4n) is 2.60. The summed E-state index contributed by atoms with van der Waals surface area (Å²) in [4.78, 5) is 28.3. The number of nitrogens with zero attached hydrogens (tertiary/aromatic N) is 2. The summed E-state index contributed by atoms with van der Waals surface area (Å²) in [6.45, 7) is 3.07. The lowest BCUT2D eigenvalue weighted by molar-refractivity contribution is -0.140. The highest BCUT2D eigenvalue weighted by atomic mass is 16.5. The third-order valence-electron chi connectivity index (χ3n) is 3.91. The van der Waals surface area contributed by atoms with Crippen molar-refractivity contribution in [1.82, 2.24) is 9.88 Å². The first-order valence-corrected chi connectivity index (χ1v) is 8.22. The zero-order valence-electron chi connectivity index (χ0n) is 14.4. The summed E-state index contributed by atoms with van der Waals surface area (Å²) >= 11 is 0. The van der Waals surface area contributed by atoms with Crippen molar-refractivity contribution in [3.8, 4) is 5.88 Å². The normalized spacial score (nSPS) is 14.7. The molecule has 25 heavy (non-hydrogen) atoms. The number of nitrogens with one attached hydrogen (secondary N) is 2. The number of hydrogen-bond donors (Lipinski definition) is 3. The molecule has 9 heteroatoms. The lowest BCUT2D eigenvalue weighted by atomic mass is 10.1. The SMILES string of the molecule is CCOC(=O)CNc1ccc(OC)nc1NC1CCN(C(=O)O)CC1. The van der Waals surface area contributed by atoms with Gasteiger partial charge in [0.15, 0.2) is 5.82 Å². The van der Waals surface area contributed by atoms with Gasteiger partial charge in [-0.05, 0) is 25.8 Å². The zero-order valence-corrected chi connectivity index (χ0v) is 14.4. The van der Waals surface area contributed by atoms with Gasteiger partial charge in [0.1, 0.15) is 6.54 Å². The standard InChI is InChI=1S/C16H24N4O5/c1-3-25-14(21)10-17-12-4-5-13(24-2)19-15(12)18-11-6-8-20(9-7-11)16(22)23/h4-5,11,17H,3,6-10H2,1-2H3,(H,18,19)(H,22,23). The van der Waals surface area contributed by atoms with Gasteiger partial charge >= 0.3 is 12.1 Å². The van der Waals surface area contributed by atoms with Gasteiger partial charge in [0.05, 0.1) is 19.4 Å². The molecule has 0 saturated carbocycles. The quantitative estimate of drug-likeness (QED) is 0.635. The van der Waals surface area contributed by atoms with E-state index in [1.807, 2.05) is 0 Å². The van der Waals surface area contributed by atoms with Crippen LogP contribution in [0, 0.1) is 0 Å². The lowest BCUT2D eigenvalue weighted by Gasteiger charge is -2.31. The largest absolute Gasteiger partial charge is 0.481 e. The van der Waals surface area contributed by atoms with E-state index in [1.165, 1.54) is 12.0 Å². The minimum absolute atomic E-state index is 0.0357. The first-order chi connectivity index (χ1) is 12.0. The van der Waals surface area contributed by atoms with Crippen molar-refractivity contribution in [3.63, 3.8) is 0 Å². The fraction of sp³-hybridized carbons (Fsp3) is 0.562. The van der Waals surface area contributed by atoms with Gasteiger partial charge in [0, 0.05) is 25.2 Å². The number of amides is 1. The summed E-state index contributed by atoms with van der Waals surface area (Å²) in [5.41, 5.74) is 0.662. The van der Waals surface area contributed by atoms with E-state index in [4.69, 9.17) is 14.6 Å². The van der Waals surface area contributed by atoms with Crippen molar-refractivity contribution in [2.45, 2.75) is 25.8 Å². The summed E-state index contributed by atoms with van der Waals surface area (Å²) in [5, 5.41) is 15.3. The predicted molar refractivity (Wildman–Crippen MR) is 92.2 cm³/mol. The second kappa shape index (κ2) is 8.95. The van der Waals surface area contributed by atoms with Crippen molar-refractivity contribution >= 4 is 23.6 Å². The molecule has 1 aromatic heterocycles. The third kappa shape index (κ3) is 5.40. The predicted octanol–water partition coefficient (Wildman–Crippen LogP) is 1.62. The van der Waals surface area contributed by atoms with E-state index in [-0.39, 0.29) is 18.6 Å². The first-order valence-electron chi connectivity index (χ1n) is 8.22. The highest BCUT2D eigenvalue weighted by molar-refractivity contribution is 5.77. The van der Waals surface area contributed by atoms with Crippen LogP contribution in [0.5, 0.6) is 5.88 Å². The number of rotatable bonds is 7. The lowest BCUT2D eigenvalue weighted by Crippen LogP contribution is -2.41. The minimum Gasteiger partial charge on any atom is -0.481 e. The van der Waals surface area contributed by atoms with Crippen molar-refractivity contribution in [2.75, 3.05) is 44.0 Å². The molecular weight excluding hydrogens is 328 g/mol. The summed E-state index contributed by atoms with van der Waals surface area (Å²) in [6.07, 6.45) is 0.472. The number of esters is 1. The molecule has 0 aliphatic carbocycles. The van der Waals surface area contributed by atoms with Gasteiger partial charge in [-0.25, -0.2) is 4.79 Å². The number of carbonyl (C=O) groups is 2. The molecule has 9 nitrogen and oxygen atoms in total. The molecule has 138 valence electrons. The molecule has 0 atom stereocenters. The van der Waals surface area contributed by atoms with Crippen LogP contribution >= 0.6 is 0 Å². The van der Waals surface area contributed by atoms with Gasteiger partial charge in [-0.3, -0.25) is 4.79 Å². The number of hydrogen-bond acceptors (Lipinski definition) is 7. The van der Waals surface area contributed by atoms with E-state index in [0.717, 1.165) is 0 Å². The molecule has 2 heterocycles. The fourth-order valence-corrected chi connectivity index (χ4v) is 2.60. The number of methoxy groups -OCH3 is 1. The average Bonchev–Trinajstić information content (AvgIpc) is 2.61. The molecule has 0 bridgehead atoms. The Morgan fingerprint density at radius 1 is 1.36 bits per heavy atom. The Morgan fingerprint density at radius 2 is 2.08 bits per heavy atom. The molecule has 1 saturated heterocycles. The van der Waals surface area contributed by atoms with Crippen LogP contribution in [0.1, 0.15) is 19.8 Å². The number of carboxylic acid groups (broad SMARTS) is 1. The maximum Gasteiger partial charge on any atom is 0.407 e. The van der Waals surface area contributed by atoms with E-state index in [9.17, 15) is 9.59 Å². The maximum absolute atomic E-state index is 11.5. The van der Waals surface area contributed by atoms with Gasteiger partial charge < -0.3 is 30.1 Å². The molecule has 0 unspecified atom stereocenters. The van der Waals surface area contributed by atoms with E-state index in [2.05, 4.69) is 15.6 Å². The number of aromatic nitrogens is 1. The van der Waals surface area contributed by atoms with Crippen LogP contribution in [-0.2, 0) is 9.53 Å². The molecular formula is C16H24N4O5. The van der Waals surface area contributed by atoms with Crippen LogP contribution in [0.25, 0.3) is 0 Å². The van der Waals surface area contributed by atoms with Crippen LogP contribution in [0.3, 0.4) is 0 Å². The number of anilines is 2. The molecule has 0 aromatic carbocycles. The van der Waals surface area contributed by atoms with Gasteiger partial charge in [0.2, 0.25) is 5.88 Å². The first kappa shape index (κ1) is 18.6. The molecule has 1 aliphatic heterocycles. The summed E-state index contributed by atoms with van der Waals surface area (Å²) < 4.78 is 10.1. The van der Waals surface area contributed by atoms with Crippen LogP contribution < -0.4 is 15.4 Å². The molecule has 0 spiro atoms. The Hall–Kier alpha value is -2.71. The van der Waals surface area contributed by atoms with Crippen LogP contribution in [0.2, 0.25) is 0 Å². The minimum atomic E-state index is -0.894. The Morgan fingerprint density at radius 3 is 2.68 bits per heavy atom. The van der Waals surface area contributed by atoms with Crippen molar-refractivity contribution in [1.29, 1.82) is 0 Å². The summed E-state index contributed by atoms with van der Waals surface area (Å²) in [6, 6.07) is 3.57. The molecule has 1 aromatic rings. The van der Waals surface area contributed by atoms with Crippen molar-refractivity contribution < 1.29 is 24.2 Å². The van der Waals surface area contributed by atoms with Crippen LogP contribution in [-0.4, -0.2) is 66.4 Å². The summed E-state index contributed by atoms with van der Waals surface area (Å²) in [7, 11) is 1.53. The molecule has 3 N–H and O–H groups in total. The number of carbonyl (C=O) groups excluding carboxylic acids is 1. The highest BCUT2D eigenvalue weighted by Gasteiger charge is 2.23. The second-order valence-corrected chi connectivity index (χ2v) is 5.60. The molecule has 1 amide bonds. The Labute approximate surface area is 146 Å². The Balaban J connectivity index is 2.02. The van der Waals surface area contributed by atoms with E-state index in [0.29, 0.717) is 49.9 Å². The number of ether oxygens (including phenoxy) is 2. The second-order valence-electron chi connectivity index (χ2n) is 5.60. The molecule has 1 fully saturated rings. The van der Waals surface area contributed by atoms with E-state index < -0.39 is 6.09 Å². The summed E-state index contributed by atoms with van der Waals surface area (Å²) in [5.74, 6) is 0.670.